The molecule has 0 amide bonds. The van der Waals surface area contributed by atoms with E-state index < -0.39 is 0 Å². The molecule has 0 aliphatic heterocycles. The first-order chi connectivity index (χ1) is 8.29. The van der Waals surface area contributed by atoms with Crippen LogP contribution in [0.3, 0.4) is 0 Å². The molecule has 0 aliphatic carbocycles. The molecule has 1 aromatic carbocycles. The minimum Gasteiger partial charge on any atom is -0.481 e. The predicted octanol–water partition coefficient (Wildman–Crippen LogP) is 2.66. The topological polar surface area (TPSA) is 47.0 Å². The van der Waals surface area contributed by atoms with Gasteiger partial charge in [0, 0.05) is 12.3 Å². The first-order valence-electron chi connectivity index (χ1n) is 5.48. The zero-order valence-electron chi connectivity index (χ0n) is 9.92. The average Bonchev–Trinajstić information content (AvgIpc) is 2.40. The van der Waals surface area contributed by atoms with Gasteiger partial charge in [-0.25, -0.2) is 4.98 Å². The van der Waals surface area contributed by atoms with Crippen LogP contribution in [0.1, 0.15) is 18.5 Å². The highest BCUT2D eigenvalue weighted by atomic mass is 16.5. The van der Waals surface area contributed by atoms with Crippen molar-refractivity contribution in [1.82, 2.24) is 9.97 Å². The fraction of sp³-hybridized carbons (Fsp3) is 0.231. The van der Waals surface area contributed by atoms with Crippen LogP contribution in [0.2, 0.25) is 0 Å². The molecule has 2 aromatic rings. The fourth-order valence-corrected chi connectivity index (χ4v) is 1.54. The number of hydrogen-bond donors (Lipinski definition) is 1. The van der Waals surface area contributed by atoms with E-state index in [0.717, 1.165) is 0 Å². The molecule has 0 bridgehead atoms. The van der Waals surface area contributed by atoms with Gasteiger partial charge in [0.05, 0.1) is 13.2 Å². The minimum atomic E-state index is 0.156. The van der Waals surface area contributed by atoms with Crippen LogP contribution in [0, 0.1) is 0 Å². The summed E-state index contributed by atoms with van der Waals surface area (Å²) in [5, 5.41) is 3.23. The molecule has 0 radical (unpaired) electrons. The third-order valence-corrected chi connectivity index (χ3v) is 2.48. The monoisotopic (exact) mass is 229 g/mol. The van der Waals surface area contributed by atoms with Crippen molar-refractivity contribution in [2.45, 2.75) is 13.0 Å². The highest BCUT2D eigenvalue weighted by Gasteiger charge is 2.06. The van der Waals surface area contributed by atoms with E-state index in [0.29, 0.717) is 11.8 Å². The Kier molecular flexibility index (Phi) is 3.55. The molecule has 4 nitrogen and oxygen atoms in total. The fourth-order valence-electron chi connectivity index (χ4n) is 1.54. The molecular formula is C13H15N3O. The number of methoxy groups -OCH3 is 1. The van der Waals surface area contributed by atoms with E-state index in [4.69, 9.17) is 4.74 Å². The summed E-state index contributed by atoms with van der Waals surface area (Å²) < 4.78 is 5.05. The van der Waals surface area contributed by atoms with Crippen molar-refractivity contribution < 1.29 is 4.74 Å². The molecule has 0 spiro atoms. The molecule has 1 N–H and O–H groups in total. The number of aromatic nitrogens is 2. The molecule has 0 saturated heterocycles. The maximum absolute atomic E-state index is 5.05. The smallest absolute Gasteiger partial charge is 0.226 e. The van der Waals surface area contributed by atoms with Gasteiger partial charge in [0.2, 0.25) is 11.8 Å². The van der Waals surface area contributed by atoms with Crippen LogP contribution >= 0.6 is 0 Å². The maximum Gasteiger partial charge on any atom is 0.226 e. The summed E-state index contributed by atoms with van der Waals surface area (Å²) in [6.45, 7) is 2.07. The van der Waals surface area contributed by atoms with Crippen molar-refractivity contribution in [1.29, 1.82) is 0 Å². The third kappa shape index (κ3) is 2.93. The van der Waals surface area contributed by atoms with Gasteiger partial charge in [-0.05, 0) is 12.5 Å². The SMILES string of the molecule is COc1ccnc(NC(C)c2ccccc2)n1. The highest BCUT2D eigenvalue weighted by molar-refractivity contribution is 5.32. The Balaban J connectivity index is 2.10. The molecule has 1 heterocycles. The van der Waals surface area contributed by atoms with Crippen molar-refractivity contribution in [2.24, 2.45) is 0 Å². The average molecular weight is 229 g/mol. The van der Waals surface area contributed by atoms with Crippen LogP contribution < -0.4 is 10.1 Å². The maximum atomic E-state index is 5.05. The molecule has 1 unspecified atom stereocenters. The second kappa shape index (κ2) is 5.30. The number of anilines is 1. The zero-order valence-corrected chi connectivity index (χ0v) is 9.92. The van der Waals surface area contributed by atoms with Gasteiger partial charge in [0.15, 0.2) is 0 Å². The van der Waals surface area contributed by atoms with E-state index in [2.05, 4.69) is 34.3 Å². The molecule has 0 aliphatic rings. The van der Waals surface area contributed by atoms with E-state index in [1.807, 2.05) is 18.2 Å². The first kappa shape index (κ1) is 11.4. The van der Waals surface area contributed by atoms with Crippen molar-refractivity contribution in [3.63, 3.8) is 0 Å². The molecule has 88 valence electrons. The summed E-state index contributed by atoms with van der Waals surface area (Å²) in [5.41, 5.74) is 1.19. The molecule has 2 rings (SSSR count). The van der Waals surface area contributed by atoms with Crippen LogP contribution in [-0.4, -0.2) is 17.1 Å². The Morgan fingerprint density at radius 3 is 2.65 bits per heavy atom. The second-order valence-electron chi connectivity index (χ2n) is 3.70. The van der Waals surface area contributed by atoms with E-state index in [9.17, 15) is 0 Å². The molecule has 4 heteroatoms. The zero-order chi connectivity index (χ0) is 12.1. The summed E-state index contributed by atoms with van der Waals surface area (Å²) in [4.78, 5) is 8.36. The van der Waals surface area contributed by atoms with Gasteiger partial charge in [-0.1, -0.05) is 30.3 Å². The number of ether oxygens (including phenoxy) is 1. The van der Waals surface area contributed by atoms with Crippen molar-refractivity contribution in [3.05, 3.63) is 48.2 Å². The van der Waals surface area contributed by atoms with Gasteiger partial charge in [-0.2, -0.15) is 4.98 Å². The largest absolute Gasteiger partial charge is 0.481 e. The van der Waals surface area contributed by atoms with E-state index in [-0.39, 0.29) is 6.04 Å². The Labute approximate surface area is 101 Å². The van der Waals surface area contributed by atoms with E-state index in [1.165, 1.54) is 5.56 Å². The second-order valence-corrected chi connectivity index (χ2v) is 3.70. The van der Waals surface area contributed by atoms with Gasteiger partial charge >= 0.3 is 0 Å². The normalized spacial score (nSPS) is 11.9. The Morgan fingerprint density at radius 2 is 1.94 bits per heavy atom. The van der Waals surface area contributed by atoms with Crippen LogP contribution in [0.25, 0.3) is 0 Å². The quantitative estimate of drug-likeness (QED) is 0.875. The first-order valence-corrected chi connectivity index (χ1v) is 5.48. The van der Waals surface area contributed by atoms with Crippen molar-refractivity contribution >= 4 is 5.95 Å². The molecular weight excluding hydrogens is 214 g/mol. The summed E-state index contributed by atoms with van der Waals surface area (Å²) in [6, 6.07) is 12.0. The number of hydrogen-bond acceptors (Lipinski definition) is 4. The third-order valence-electron chi connectivity index (χ3n) is 2.48. The molecule has 0 fully saturated rings. The molecule has 17 heavy (non-hydrogen) atoms. The van der Waals surface area contributed by atoms with Crippen molar-refractivity contribution in [3.8, 4) is 5.88 Å². The molecule has 0 saturated carbocycles. The van der Waals surface area contributed by atoms with Crippen LogP contribution in [-0.2, 0) is 0 Å². The van der Waals surface area contributed by atoms with Gasteiger partial charge in [0.25, 0.3) is 0 Å². The summed E-state index contributed by atoms with van der Waals surface area (Å²) >= 11 is 0. The van der Waals surface area contributed by atoms with Crippen LogP contribution in [0.15, 0.2) is 42.6 Å². The van der Waals surface area contributed by atoms with Gasteiger partial charge in [-0.15, -0.1) is 0 Å². The van der Waals surface area contributed by atoms with Crippen molar-refractivity contribution in [2.75, 3.05) is 12.4 Å². The van der Waals surface area contributed by atoms with E-state index in [1.54, 1.807) is 19.4 Å². The lowest BCUT2D eigenvalue weighted by molar-refractivity contribution is 0.397. The number of rotatable bonds is 4. The van der Waals surface area contributed by atoms with Gasteiger partial charge in [-0.3, -0.25) is 0 Å². The highest BCUT2D eigenvalue weighted by Crippen LogP contribution is 2.17. The van der Waals surface area contributed by atoms with Crippen LogP contribution in [0.5, 0.6) is 5.88 Å². The molecule has 1 atom stereocenters. The summed E-state index contributed by atoms with van der Waals surface area (Å²) in [7, 11) is 1.59. The number of benzene rings is 1. The Hall–Kier alpha value is -2.10. The van der Waals surface area contributed by atoms with Crippen LogP contribution in [0.4, 0.5) is 5.95 Å². The Morgan fingerprint density at radius 1 is 1.18 bits per heavy atom. The lowest BCUT2D eigenvalue weighted by atomic mass is 10.1. The summed E-state index contributed by atoms with van der Waals surface area (Å²) in [6.07, 6.45) is 1.67. The molecule has 1 aromatic heterocycles. The lowest BCUT2D eigenvalue weighted by Gasteiger charge is -2.14. The standard InChI is InChI=1S/C13H15N3O/c1-10(11-6-4-3-5-7-11)15-13-14-9-8-12(16-13)17-2/h3-10H,1-2H3,(H,14,15,16). The van der Waals surface area contributed by atoms with Gasteiger partial charge < -0.3 is 10.1 Å². The summed E-state index contributed by atoms with van der Waals surface area (Å²) in [5.74, 6) is 1.13. The minimum absolute atomic E-state index is 0.156. The number of nitrogens with zero attached hydrogens (tertiary/aromatic N) is 2. The van der Waals surface area contributed by atoms with E-state index >= 15 is 0 Å². The number of nitrogens with one attached hydrogen (secondary N) is 1. The Bertz CT molecular complexity index is 473. The lowest BCUT2D eigenvalue weighted by Crippen LogP contribution is -2.09. The predicted molar refractivity (Wildman–Crippen MR) is 67.1 cm³/mol. The van der Waals surface area contributed by atoms with Gasteiger partial charge in [0.1, 0.15) is 0 Å².